The molecule has 34 heavy (non-hydrogen) atoms. The van der Waals surface area contributed by atoms with E-state index in [4.69, 9.17) is 17.1 Å². The minimum atomic E-state index is -3.31. The van der Waals surface area contributed by atoms with Gasteiger partial charge in [0.1, 0.15) is 0 Å². The number of aryl methyl sites for hydroxylation is 2. The minimum absolute atomic E-state index is 0.00335. The van der Waals surface area contributed by atoms with E-state index in [-0.39, 0.29) is 11.8 Å². The largest absolute Gasteiger partial charge is 0.447 e. The van der Waals surface area contributed by atoms with Crippen LogP contribution in [0.3, 0.4) is 0 Å². The van der Waals surface area contributed by atoms with Crippen LogP contribution < -0.4 is 0 Å². The lowest BCUT2D eigenvalue weighted by molar-refractivity contribution is -0.182. The van der Waals surface area contributed by atoms with Crippen molar-refractivity contribution >= 4 is 5.97 Å². The Morgan fingerprint density at radius 3 is 2.62 bits per heavy atom. The molecule has 1 N–H and O–H groups in total. The highest BCUT2D eigenvalue weighted by Gasteiger charge is 2.51. The first-order valence-electron chi connectivity index (χ1n) is 16.6. The zero-order valence-electron chi connectivity index (χ0n) is 30.9. The number of esters is 1. The molecular weight excluding hydrogens is 422 g/mol. The van der Waals surface area contributed by atoms with Crippen LogP contribution in [0, 0.1) is 43.4 Å². The number of aliphatic hydroxyl groups is 1. The first-order valence-corrected chi connectivity index (χ1v) is 12.1. The molecule has 4 heteroatoms. The second kappa shape index (κ2) is 11.3. The number of carbonyl (C=O) groups excluding carboxylic acids is 1. The van der Waals surface area contributed by atoms with Gasteiger partial charge in [0.25, 0.3) is 0 Å². The number of ether oxygens (including phenoxy) is 1. The molecule has 1 aromatic carbocycles. The SMILES string of the molecule is [2H]C(C)(C#CC(C)OC(=O)C(O)(c1ccc(C)c(C)c1)C1CCCC(C)C1C)N(C([2H])([2H])C([2H])([2H])[2H])C(C)(C)C([2H])([2H])[2H]. The van der Waals surface area contributed by atoms with Gasteiger partial charge in [0.2, 0.25) is 0 Å². The van der Waals surface area contributed by atoms with Crippen molar-refractivity contribution in [2.24, 2.45) is 17.8 Å². The maximum absolute atomic E-state index is 13.9. The Balaban J connectivity index is 2.55. The predicted molar refractivity (Wildman–Crippen MR) is 140 cm³/mol. The molecule has 0 saturated heterocycles. The fourth-order valence-electron chi connectivity index (χ4n) is 4.82. The number of nitrogens with zero attached hydrogens (tertiary/aromatic N) is 1. The third-order valence-electron chi connectivity index (χ3n) is 7.25. The summed E-state index contributed by atoms with van der Waals surface area (Å²) in [6.45, 7) is 3.28. The smallest absolute Gasteiger partial charge is 0.344 e. The van der Waals surface area contributed by atoms with Crippen LogP contribution in [0.15, 0.2) is 18.2 Å². The molecule has 0 radical (unpaired) electrons. The maximum atomic E-state index is 13.9. The molecule has 190 valence electrons. The Morgan fingerprint density at radius 2 is 2.00 bits per heavy atom. The number of rotatable bonds is 6. The van der Waals surface area contributed by atoms with Gasteiger partial charge in [0.15, 0.2) is 11.7 Å². The van der Waals surface area contributed by atoms with Crippen molar-refractivity contribution in [1.82, 2.24) is 4.90 Å². The van der Waals surface area contributed by atoms with Gasteiger partial charge in [-0.05, 0) is 89.8 Å². The Bertz CT molecular complexity index is 1200. The van der Waals surface area contributed by atoms with Crippen LogP contribution in [-0.2, 0) is 15.1 Å². The van der Waals surface area contributed by atoms with Gasteiger partial charge in [-0.25, -0.2) is 4.79 Å². The van der Waals surface area contributed by atoms with E-state index < -0.39 is 55.3 Å². The van der Waals surface area contributed by atoms with E-state index in [0.717, 1.165) is 44.7 Å². The van der Waals surface area contributed by atoms with Gasteiger partial charge in [-0.2, -0.15) is 0 Å². The molecule has 0 aromatic heterocycles. The van der Waals surface area contributed by atoms with E-state index in [1.807, 2.05) is 26.8 Å². The highest BCUT2D eigenvalue weighted by molar-refractivity contribution is 5.82. The topological polar surface area (TPSA) is 49.8 Å². The first-order chi connectivity index (χ1) is 19.2. The lowest BCUT2D eigenvalue weighted by Crippen LogP contribution is -2.49. The van der Waals surface area contributed by atoms with Gasteiger partial charge >= 0.3 is 5.97 Å². The lowest BCUT2D eigenvalue weighted by atomic mass is 9.64. The molecular formula is C30H47NO3. The summed E-state index contributed by atoms with van der Waals surface area (Å²) in [5, 5.41) is 12.2. The van der Waals surface area contributed by atoms with Crippen molar-refractivity contribution in [3.63, 3.8) is 0 Å². The summed E-state index contributed by atoms with van der Waals surface area (Å²) in [7, 11) is 0. The van der Waals surface area contributed by atoms with E-state index in [2.05, 4.69) is 18.8 Å². The summed E-state index contributed by atoms with van der Waals surface area (Å²) in [5.41, 5.74) is -1.80. The molecule has 0 bridgehead atoms. The summed E-state index contributed by atoms with van der Waals surface area (Å²) < 4.78 is 78.4. The third-order valence-corrected chi connectivity index (χ3v) is 7.25. The van der Waals surface area contributed by atoms with Crippen molar-refractivity contribution in [3.8, 4) is 11.8 Å². The molecule has 4 nitrogen and oxygen atoms in total. The molecule has 6 unspecified atom stereocenters. The summed E-state index contributed by atoms with van der Waals surface area (Å²) >= 11 is 0. The standard InChI is InChI=1S/C30H47NO3/c1-11-31(29(8,9)10)23(5)16-17-24(6)34-28(32)30(33,26-18-15-20(2)22(4)19-26)27-14-12-13-21(3)25(27)7/h15,18-19,21,23-25,27,33H,11-14H2,1-10H3/i1D3,8D3,11D2,23D. The lowest BCUT2D eigenvalue weighted by Gasteiger charge is -2.43. The van der Waals surface area contributed by atoms with E-state index >= 15 is 0 Å². The van der Waals surface area contributed by atoms with Gasteiger partial charge in [0, 0.05) is 22.4 Å². The molecule has 2 rings (SSSR count). The van der Waals surface area contributed by atoms with Crippen LogP contribution in [0.4, 0.5) is 0 Å². The van der Waals surface area contributed by atoms with Crippen molar-refractivity contribution in [2.45, 2.75) is 112 Å². The van der Waals surface area contributed by atoms with Crippen molar-refractivity contribution < 1.29 is 27.0 Å². The normalized spacial score (nSPS) is 30.5. The average molecular weight is 479 g/mol. The molecule has 0 aliphatic heterocycles. The van der Waals surface area contributed by atoms with Crippen LogP contribution in [0.5, 0.6) is 0 Å². The second-order valence-electron chi connectivity index (χ2n) is 10.3. The van der Waals surface area contributed by atoms with Crippen molar-refractivity contribution in [1.29, 1.82) is 0 Å². The van der Waals surface area contributed by atoms with Crippen LogP contribution in [-0.4, -0.2) is 40.1 Å². The summed E-state index contributed by atoms with van der Waals surface area (Å²) in [4.78, 5) is 14.3. The Morgan fingerprint density at radius 1 is 1.29 bits per heavy atom. The van der Waals surface area contributed by atoms with Crippen LogP contribution in [0.1, 0.15) is 104 Å². The average Bonchev–Trinajstić information content (AvgIpc) is 2.83. The first kappa shape index (κ1) is 17.6. The minimum Gasteiger partial charge on any atom is -0.447 e. The highest BCUT2D eigenvalue weighted by Crippen LogP contribution is 2.46. The summed E-state index contributed by atoms with van der Waals surface area (Å²) in [6, 6.07) is 2.97. The third kappa shape index (κ3) is 6.23. The van der Waals surface area contributed by atoms with E-state index in [1.54, 1.807) is 12.1 Å². The van der Waals surface area contributed by atoms with E-state index in [0.29, 0.717) is 16.9 Å². The zero-order chi connectivity index (χ0) is 33.6. The zero-order valence-corrected chi connectivity index (χ0v) is 21.9. The molecule has 1 fully saturated rings. The molecule has 0 spiro atoms. The Hall–Kier alpha value is -1.83. The van der Waals surface area contributed by atoms with Crippen LogP contribution in [0.2, 0.25) is 0 Å². The molecule has 0 heterocycles. The highest BCUT2D eigenvalue weighted by atomic mass is 16.6. The van der Waals surface area contributed by atoms with E-state index in [1.165, 1.54) is 6.92 Å². The van der Waals surface area contributed by atoms with Gasteiger partial charge in [-0.1, -0.05) is 63.6 Å². The van der Waals surface area contributed by atoms with Crippen LogP contribution >= 0.6 is 0 Å². The maximum Gasteiger partial charge on any atom is 0.344 e. The van der Waals surface area contributed by atoms with Crippen LogP contribution in [0.25, 0.3) is 0 Å². The van der Waals surface area contributed by atoms with E-state index in [9.17, 15) is 9.90 Å². The summed E-state index contributed by atoms with van der Waals surface area (Å²) in [6.07, 6.45) is 1.22. The van der Waals surface area contributed by atoms with Crippen molar-refractivity contribution in [3.05, 3.63) is 34.9 Å². The molecule has 1 aliphatic rings. The second-order valence-corrected chi connectivity index (χ2v) is 10.3. The summed E-state index contributed by atoms with van der Waals surface area (Å²) in [5.74, 6) is 3.98. The van der Waals surface area contributed by atoms with Gasteiger partial charge in [-0.15, -0.1) is 0 Å². The monoisotopic (exact) mass is 478 g/mol. The Kier molecular flexibility index (Phi) is 5.83. The number of hydrogen-bond donors (Lipinski definition) is 1. The fourth-order valence-corrected chi connectivity index (χ4v) is 4.82. The molecule has 1 aliphatic carbocycles. The van der Waals surface area contributed by atoms with Crippen molar-refractivity contribution in [2.75, 3.05) is 6.50 Å². The number of benzene rings is 1. The van der Waals surface area contributed by atoms with Gasteiger partial charge in [0.05, 0.1) is 7.39 Å². The Labute approximate surface area is 221 Å². The van der Waals surface area contributed by atoms with Gasteiger partial charge in [-0.3, -0.25) is 4.90 Å². The number of hydrogen-bond acceptors (Lipinski definition) is 4. The fraction of sp³-hybridized carbons (Fsp3) is 0.700. The quantitative estimate of drug-likeness (QED) is 0.402. The molecule has 6 atom stereocenters. The van der Waals surface area contributed by atoms with Gasteiger partial charge < -0.3 is 9.84 Å². The predicted octanol–water partition coefficient (Wildman–Crippen LogP) is 6.01. The number of carbonyl (C=O) groups is 1. The molecule has 1 aromatic rings. The molecule has 1 saturated carbocycles. The molecule has 0 amide bonds.